The zero-order valence-electron chi connectivity index (χ0n) is 9.75. The fraction of sp³-hybridized carbons (Fsp3) is 0.364. The molecule has 0 saturated carbocycles. The third-order valence-corrected chi connectivity index (χ3v) is 3.15. The quantitative estimate of drug-likeness (QED) is 0.865. The number of amides is 1. The highest BCUT2D eigenvalue weighted by Crippen LogP contribution is 2.31. The van der Waals surface area contributed by atoms with Gasteiger partial charge in [-0.3, -0.25) is 4.79 Å². The number of hydrogen-bond donors (Lipinski definition) is 1. The Morgan fingerprint density at radius 2 is 2.00 bits per heavy atom. The topological polar surface area (TPSA) is 52.2 Å². The number of anilines is 1. The average molecular weight is 279 g/mol. The van der Waals surface area contributed by atoms with E-state index in [0.29, 0.717) is 0 Å². The molecule has 0 radical (unpaired) electrons. The summed E-state index contributed by atoms with van der Waals surface area (Å²) in [4.78, 5) is 11.0. The second-order valence-electron chi connectivity index (χ2n) is 3.89. The molecule has 3 nitrogen and oxygen atoms in total. The molecular weight excluding hydrogens is 267 g/mol. The maximum atomic E-state index is 12.3. The molecule has 0 spiro atoms. The van der Waals surface area contributed by atoms with Crippen LogP contribution in [0.5, 0.6) is 0 Å². The van der Waals surface area contributed by atoms with Gasteiger partial charge in [0.15, 0.2) is 4.90 Å². The summed E-state index contributed by atoms with van der Waals surface area (Å²) in [6, 6.07) is 4.92. The first kappa shape index (κ1) is 14.8. The van der Waals surface area contributed by atoms with E-state index in [1.54, 1.807) is 13.8 Å². The van der Waals surface area contributed by atoms with Crippen molar-refractivity contribution < 1.29 is 22.5 Å². The summed E-state index contributed by atoms with van der Waals surface area (Å²) in [5.74, 6) is -0.605. The van der Waals surface area contributed by atoms with E-state index in [2.05, 4.69) is 5.32 Å². The number of carbonyl (C=O) groups is 1. The summed E-state index contributed by atoms with van der Waals surface area (Å²) in [5.41, 5.74) is -4.61. The molecule has 1 aromatic carbocycles. The number of rotatable bonds is 3. The molecular formula is C11H12F3NO2S. The Kier molecular flexibility index (Phi) is 4.64. The summed E-state index contributed by atoms with van der Waals surface area (Å²) in [6.07, 6.45) is 0. The third-order valence-electron chi connectivity index (χ3n) is 2.05. The monoisotopic (exact) mass is 279 g/mol. The van der Waals surface area contributed by atoms with E-state index in [9.17, 15) is 22.5 Å². The Labute approximate surface area is 106 Å². The number of nitrogens with one attached hydrogen (secondary N) is 1. The molecule has 1 amide bonds. The fourth-order valence-electron chi connectivity index (χ4n) is 1.11. The van der Waals surface area contributed by atoms with Crippen molar-refractivity contribution in [2.75, 3.05) is 5.32 Å². The van der Waals surface area contributed by atoms with Gasteiger partial charge in [0.05, 0.1) is 11.2 Å². The molecule has 100 valence electrons. The van der Waals surface area contributed by atoms with Crippen LogP contribution in [-0.2, 0) is 16.0 Å². The maximum Gasteiger partial charge on any atom is 0.578 e. The van der Waals surface area contributed by atoms with Gasteiger partial charge in [0.25, 0.3) is 0 Å². The molecule has 1 rings (SSSR count). The van der Waals surface area contributed by atoms with Crippen molar-refractivity contribution in [2.45, 2.75) is 24.3 Å². The summed E-state index contributed by atoms with van der Waals surface area (Å²) < 4.78 is 47.9. The highest BCUT2D eigenvalue weighted by atomic mass is 32.2. The predicted octanol–water partition coefficient (Wildman–Crippen LogP) is 2.91. The Hall–Kier alpha value is -1.21. The van der Waals surface area contributed by atoms with Gasteiger partial charge in [0.1, 0.15) is 0 Å². The molecule has 1 N–H and O–H groups in total. The van der Waals surface area contributed by atoms with E-state index in [0.717, 1.165) is 12.1 Å². The van der Waals surface area contributed by atoms with Crippen LogP contribution in [0.2, 0.25) is 0 Å². The van der Waals surface area contributed by atoms with Crippen molar-refractivity contribution in [3.05, 3.63) is 24.3 Å². The Morgan fingerprint density at radius 1 is 1.39 bits per heavy atom. The molecule has 0 fully saturated rings. The SMILES string of the molecule is CC(C)C(=O)Nc1cccc([S+]([O-])C(F)(F)F)c1. The number of carbonyl (C=O) groups excluding carboxylic acids is 1. The van der Waals surface area contributed by atoms with Crippen molar-refractivity contribution in [3.63, 3.8) is 0 Å². The molecule has 0 aliphatic rings. The van der Waals surface area contributed by atoms with Gasteiger partial charge in [-0.2, -0.15) is 0 Å². The van der Waals surface area contributed by atoms with E-state index >= 15 is 0 Å². The predicted molar refractivity (Wildman–Crippen MR) is 62.4 cm³/mol. The summed E-state index contributed by atoms with van der Waals surface area (Å²) >= 11 is -3.09. The molecule has 0 heterocycles. The van der Waals surface area contributed by atoms with Gasteiger partial charge in [-0.15, -0.1) is 13.2 Å². The van der Waals surface area contributed by atoms with Gasteiger partial charge in [-0.25, -0.2) is 0 Å². The number of benzene rings is 1. The van der Waals surface area contributed by atoms with E-state index < -0.39 is 16.7 Å². The van der Waals surface area contributed by atoms with Crippen LogP contribution in [0.1, 0.15) is 13.8 Å². The van der Waals surface area contributed by atoms with Crippen LogP contribution in [0, 0.1) is 5.92 Å². The molecule has 0 aliphatic carbocycles. The first-order chi connectivity index (χ1) is 8.21. The minimum atomic E-state index is -4.80. The van der Waals surface area contributed by atoms with Crippen LogP contribution in [0.15, 0.2) is 29.2 Å². The Morgan fingerprint density at radius 3 is 2.50 bits per heavy atom. The highest BCUT2D eigenvalue weighted by molar-refractivity contribution is 7.92. The fourth-order valence-corrected chi connectivity index (χ4v) is 1.81. The number of hydrogen-bond acceptors (Lipinski definition) is 2. The number of halogens is 3. The van der Waals surface area contributed by atoms with Crippen LogP contribution in [-0.4, -0.2) is 16.0 Å². The molecule has 7 heteroatoms. The minimum Gasteiger partial charge on any atom is -0.604 e. The summed E-state index contributed by atoms with van der Waals surface area (Å²) in [7, 11) is 0. The lowest BCUT2D eigenvalue weighted by Gasteiger charge is -2.13. The molecule has 0 aliphatic heterocycles. The maximum absolute atomic E-state index is 12.3. The standard InChI is InChI=1S/C11H12F3NO2S/c1-7(2)10(16)15-8-4-3-5-9(6-8)18(17)11(12,13)14/h3-7H,1-2H3,(H,15,16). The lowest BCUT2D eigenvalue weighted by Crippen LogP contribution is -2.23. The van der Waals surface area contributed by atoms with E-state index in [-0.39, 0.29) is 22.4 Å². The van der Waals surface area contributed by atoms with Crippen molar-refractivity contribution >= 4 is 22.8 Å². The molecule has 1 atom stereocenters. The number of alkyl halides is 3. The lowest BCUT2D eigenvalue weighted by molar-refractivity contribution is -0.118. The van der Waals surface area contributed by atoms with E-state index in [1.165, 1.54) is 12.1 Å². The lowest BCUT2D eigenvalue weighted by atomic mass is 10.2. The van der Waals surface area contributed by atoms with Crippen molar-refractivity contribution in [2.24, 2.45) is 5.92 Å². The minimum absolute atomic E-state index is 0.198. The van der Waals surface area contributed by atoms with E-state index in [1.807, 2.05) is 0 Å². The van der Waals surface area contributed by atoms with Crippen LogP contribution in [0.3, 0.4) is 0 Å². The summed E-state index contributed by atoms with van der Waals surface area (Å²) in [6.45, 7) is 3.32. The second kappa shape index (κ2) is 5.62. The Bertz CT molecular complexity index is 435. The molecule has 0 bridgehead atoms. The zero-order chi connectivity index (χ0) is 13.9. The van der Waals surface area contributed by atoms with Gasteiger partial charge in [0.2, 0.25) is 5.91 Å². The van der Waals surface area contributed by atoms with Crippen LogP contribution < -0.4 is 5.32 Å². The second-order valence-corrected chi connectivity index (χ2v) is 5.36. The summed E-state index contributed by atoms with van der Waals surface area (Å²) in [5, 5.41) is 2.45. The van der Waals surface area contributed by atoms with Crippen LogP contribution >= 0.6 is 0 Å². The first-order valence-corrected chi connectivity index (χ1v) is 6.26. The molecule has 0 saturated heterocycles. The normalized spacial score (nSPS) is 13.5. The Balaban J connectivity index is 2.89. The average Bonchev–Trinajstić information content (AvgIpc) is 2.27. The van der Waals surface area contributed by atoms with Crippen LogP contribution in [0.4, 0.5) is 18.9 Å². The largest absolute Gasteiger partial charge is 0.604 e. The van der Waals surface area contributed by atoms with Gasteiger partial charge in [-0.05, 0) is 12.1 Å². The van der Waals surface area contributed by atoms with E-state index in [4.69, 9.17) is 0 Å². The molecule has 1 aromatic rings. The van der Waals surface area contributed by atoms with Crippen LogP contribution in [0.25, 0.3) is 0 Å². The molecule has 0 aromatic heterocycles. The van der Waals surface area contributed by atoms with Crippen molar-refractivity contribution in [1.82, 2.24) is 0 Å². The van der Waals surface area contributed by atoms with Crippen molar-refractivity contribution in [3.8, 4) is 0 Å². The van der Waals surface area contributed by atoms with Crippen molar-refractivity contribution in [1.29, 1.82) is 0 Å². The molecule has 1 unspecified atom stereocenters. The van der Waals surface area contributed by atoms with Gasteiger partial charge < -0.3 is 9.87 Å². The van der Waals surface area contributed by atoms with Gasteiger partial charge >= 0.3 is 5.51 Å². The van der Waals surface area contributed by atoms with Gasteiger partial charge in [0, 0.05) is 17.7 Å². The third kappa shape index (κ3) is 3.92. The smallest absolute Gasteiger partial charge is 0.578 e. The highest BCUT2D eigenvalue weighted by Gasteiger charge is 2.46. The first-order valence-electron chi connectivity index (χ1n) is 5.11. The van der Waals surface area contributed by atoms with Gasteiger partial charge in [-0.1, -0.05) is 19.9 Å². The zero-order valence-corrected chi connectivity index (χ0v) is 10.6. The molecule has 18 heavy (non-hydrogen) atoms.